The van der Waals surface area contributed by atoms with E-state index in [4.69, 9.17) is 33.7 Å². The van der Waals surface area contributed by atoms with Crippen LogP contribution >= 0.6 is 0 Å². The third-order valence-corrected chi connectivity index (χ3v) is 9.82. The average Bonchev–Trinajstić information content (AvgIpc) is 3.82. The number of aliphatic hydroxyl groups excluding tert-OH is 1. The number of nitrogens with one attached hydrogen (secondary N) is 2. The number of nitrogens with zero attached hydrogens (tertiary/aromatic N) is 4. The minimum absolute atomic E-state index is 0.0232. The molecule has 0 unspecified atom stereocenters. The Hall–Kier alpha value is -6.41. The molecule has 1 saturated heterocycles. The standard InChI is InChI=1S/C43H42N6O9/c1-53-32-18-14-30(15-19-32)43(29-12-7-4-8-13-29,31-16-20-33(54-2)21-17-31)57-25-34-37(51)38(56-27-55-23-9-22-44)41(58-34)49-26-45-36-39(49)47-42(48-40(36)52)46-35(50)24-28-10-5-3-6-11-28/h3-8,10-21,26,34,37-38,41,51H,9,23-25,27H2,1-2H3,(H2,46,47,48,50,52)/t34-,37-,38-,41-/m1/s1. The molecule has 1 aliphatic heterocycles. The van der Waals surface area contributed by atoms with Gasteiger partial charge in [-0.15, -0.1) is 0 Å². The first-order valence-electron chi connectivity index (χ1n) is 18.5. The largest absolute Gasteiger partial charge is 0.497 e. The van der Waals surface area contributed by atoms with Crippen LogP contribution < -0.4 is 20.3 Å². The number of carbonyl (C=O) groups is 1. The van der Waals surface area contributed by atoms with E-state index in [0.29, 0.717) is 11.5 Å². The van der Waals surface area contributed by atoms with Crippen molar-refractivity contribution in [2.45, 2.75) is 43.0 Å². The number of aromatic nitrogens is 4. The number of imidazole rings is 1. The molecule has 15 nitrogen and oxygen atoms in total. The summed E-state index contributed by atoms with van der Waals surface area (Å²) < 4.78 is 37.6. The first-order chi connectivity index (χ1) is 28.3. The summed E-state index contributed by atoms with van der Waals surface area (Å²) >= 11 is 0. The number of benzene rings is 4. The number of rotatable bonds is 17. The Kier molecular flexibility index (Phi) is 12.5. The Labute approximate surface area is 333 Å². The van der Waals surface area contributed by atoms with E-state index in [1.165, 1.54) is 10.9 Å². The predicted octanol–water partition coefficient (Wildman–Crippen LogP) is 4.86. The third-order valence-electron chi connectivity index (χ3n) is 9.82. The summed E-state index contributed by atoms with van der Waals surface area (Å²) in [6, 6.07) is 35.9. The van der Waals surface area contributed by atoms with Crippen LogP contribution in [0.4, 0.5) is 5.95 Å². The molecular formula is C43H42N6O9. The number of carbonyl (C=O) groups excluding carboxylic acids is 1. The molecule has 1 aliphatic rings. The lowest BCUT2D eigenvalue weighted by Gasteiger charge is -2.37. The molecule has 1 fully saturated rings. The SMILES string of the molecule is COc1ccc(C(OC[C@H]2O[C@@H](n3cnc4c(=O)[nH]c(NC(=O)Cc5ccccc5)nc43)[C@H](OCOCCC#N)[C@@H]2O)(c2ccccc2)c2ccc(OC)cc2)cc1. The molecule has 0 bridgehead atoms. The van der Waals surface area contributed by atoms with Crippen LogP contribution in [0.3, 0.4) is 0 Å². The summed E-state index contributed by atoms with van der Waals surface area (Å²) in [6.45, 7) is -0.317. The normalized spacial score (nSPS) is 17.8. The van der Waals surface area contributed by atoms with Crippen molar-refractivity contribution in [3.63, 3.8) is 0 Å². The molecule has 298 valence electrons. The zero-order valence-electron chi connectivity index (χ0n) is 31.8. The van der Waals surface area contributed by atoms with Crippen LogP contribution in [0, 0.1) is 11.3 Å². The molecule has 4 atom stereocenters. The zero-order chi connectivity index (χ0) is 40.5. The van der Waals surface area contributed by atoms with Crippen LogP contribution in [-0.4, -0.2) is 83.1 Å². The number of hydrogen-bond acceptors (Lipinski definition) is 12. The number of ether oxygens (including phenoxy) is 6. The first kappa shape index (κ1) is 39.8. The summed E-state index contributed by atoms with van der Waals surface area (Å²) in [6.07, 6.45) is -2.92. The van der Waals surface area contributed by atoms with E-state index < -0.39 is 41.6 Å². The Bertz CT molecular complexity index is 2330. The molecule has 58 heavy (non-hydrogen) atoms. The number of methoxy groups -OCH3 is 2. The zero-order valence-corrected chi connectivity index (χ0v) is 31.8. The van der Waals surface area contributed by atoms with E-state index in [9.17, 15) is 14.7 Å². The van der Waals surface area contributed by atoms with E-state index >= 15 is 0 Å². The van der Waals surface area contributed by atoms with E-state index in [1.807, 2.05) is 115 Å². The number of fused-ring (bicyclic) bond motifs is 1. The molecule has 3 heterocycles. The van der Waals surface area contributed by atoms with Gasteiger partial charge in [-0.05, 0) is 46.5 Å². The minimum atomic E-state index is -1.30. The maximum Gasteiger partial charge on any atom is 0.280 e. The van der Waals surface area contributed by atoms with E-state index in [0.717, 1.165) is 22.3 Å². The van der Waals surface area contributed by atoms with Crippen molar-refractivity contribution >= 4 is 23.0 Å². The van der Waals surface area contributed by atoms with Gasteiger partial charge in [0.25, 0.3) is 5.56 Å². The Balaban J connectivity index is 1.23. The predicted molar refractivity (Wildman–Crippen MR) is 211 cm³/mol. The first-order valence-corrected chi connectivity index (χ1v) is 18.5. The van der Waals surface area contributed by atoms with Crippen LogP contribution in [0.15, 0.2) is 120 Å². The summed E-state index contributed by atoms with van der Waals surface area (Å²) in [5, 5.41) is 23.6. The number of amides is 1. The minimum Gasteiger partial charge on any atom is -0.497 e. The van der Waals surface area contributed by atoms with Crippen molar-refractivity contribution in [2.75, 3.05) is 39.5 Å². The van der Waals surface area contributed by atoms with Gasteiger partial charge < -0.3 is 33.5 Å². The second-order valence-corrected chi connectivity index (χ2v) is 13.4. The molecule has 4 aromatic carbocycles. The van der Waals surface area contributed by atoms with Gasteiger partial charge in [0.05, 0.1) is 52.7 Å². The fourth-order valence-corrected chi connectivity index (χ4v) is 6.97. The molecule has 7 rings (SSSR count). The number of nitriles is 1. The molecule has 0 spiro atoms. The summed E-state index contributed by atoms with van der Waals surface area (Å²) in [5.41, 5.74) is 1.37. The second kappa shape index (κ2) is 18.2. The van der Waals surface area contributed by atoms with Crippen LogP contribution in [0.25, 0.3) is 11.2 Å². The quantitative estimate of drug-likeness (QED) is 0.0648. The summed E-state index contributed by atoms with van der Waals surface area (Å²) in [4.78, 5) is 37.6. The third kappa shape index (κ3) is 8.47. The van der Waals surface area contributed by atoms with Gasteiger partial charge in [-0.25, -0.2) is 4.98 Å². The van der Waals surface area contributed by atoms with E-state index in [-0.39, 0.29) is 50.0 Å². The van der Waals surface area contributed by atoms with Gasteiger partial charge >= 0.3 is 0 Å². The molecule has 0 radical (unpaired) electrons. The molecule has 2 aromatic heterocycles. The van der Waals surface area contributed by atoms with Crippen molar-refractivity contribution in [3.8, 4) is 17.6 Å². The molecule has 6 aromatic rings. The lowest BCUT2D eigenvalue weighted by Crippen LogP contribution is -2.40. The highest BCUT2D eigenvalue weighted by Crippen LogP contribution is 2.43. The molecule has 1 amide bonds. The maximum atomic E-state index is 13.2. The van der Waals surface area contributed by atoms with Crippen LogP contribution in [0.1, 0.15) is 34.9 Å². The highest BCUT2D eigenvalue weighted by molar-refractivity contribution is 5.91. The average molecular weight is 787 g/mol. The second-order valence-electron chi connectivity index (χ2n) is 13.4. The van der Waals surface area contributed by atoms with Crippen molar-refractivity contribution in [3.05, 3.63) is 148 Å². The molecule has 15 heteroatoms. The fourth-order valence-electron chi connectivity index (χ4n) is 6.97. The van der Waals surface area contributed by atoms with Crippen molar-refractivity contribution < 1.29 is 38.3 Å². The monoisotopic (exact) mass is 786 g/mol. The highest BCUT2D eigenvalue weighted by Gasteiger charge is 2.48. The lowest BCUT2D eigenvalue weighted by atomic mass is 9.80. The van der Waals surface area contributed by atoms with Crippen molar-refractivity contribution in [2.24, 2.45) is 0 Å². The molecule has 3 N–H and O–H groups in total. The Morgan fingerprint density at radius 3 is 2.17 bits per heavy atom. The van der Waals surface area contributed by atoms with Gasteiger partial charge in [0.1, 0.15) is 42.2 Å². The number of hydrogen-bond donors (Lipinski definition) is 3. The van der Waals surface area contributed by atoms with Crippen molar-refractivity contribution in [1.82, 2.24) is 19.5 Å². The highest BCUT2D eigenvalue weighted by atomic mass is 16.7. The molecular weight excluding hydrogens is 745 g/mol. The lowest BCUT2D eigenvalue weighted by molar-refractivity contribution is -0.137. The Morgan fingerprint density at radius 1 is 0.931 bits per heavy atom. The number of aliphatic hydroxyl groups is 1. The van der Waals surface area contributed by atoms with Gasteiger partial charge in [-0.3, -0.25) is 24.5 Å². The van der Waals surface area contributed by atoms with Crippen LogP contribution in [0.5, 0.6) is 11.5 Å². The molecule has 0 aliphatic carbocycles. The van der Waals surface area contributed by atoms with Gasteiger partial charge in [0, 0.05) is 0 Å². The topological polar surface area (TPSA) is 192 Å². The smallest absolute Gasteiger partial charge is 0.280 e. The van der Waals surface area contributed by atoms with Gasteiger partial charge in [0.2, 0.25) is 11.9 Å². The van der Waals surface area contributed by atoms with E-state index in [2.05, 4.69) is 20.3 Å². The van der Waals surface area contributed by atoms with Gasteiger partial charge in [0.15, 0.2) is 17.4 Å². The van der Waals surface area contributed by atoms with E-state index in [1.54, 1.807) is 14.2 Å². The number of anilines is 1. The van der Waals surface area contributed by atoms with Crippen LogP contribution in [0.2, 0.25) is 0 Å². The molecule has 0 saturated carbocycles. The summed E-state index contributed by atoms with van der Waals surface area (Å²) in [7, 11) is 3.19. The van der Waals surface area contributed by atoms with Gasteiger partial charge in [-0.2, -0.15) is 10.2 Å². The maximum absolute atomic E-state index is 13.2. The van der Waals surface area contributed by atoms with Gasteiger partial charge in [-0.1, -0.05) is 84.9 Å². The Morgan fingerprint density at radius 2 is 1.55 bits per heavy atom. The summed E-state index contributed by atoms with van der Waals surface area (Å²) in [5.74, 6) is 0.834. The van der Waals surface area contributed by atoms with Crippen LogP contribution in [-0.2, 0) is 35.8 Å². The number of aromatic amines is 1. The number of H-pyrrole nitrogens is 1. The fraction of sp³-hybridized carbons (Fsp3) is 0.279. The van der Waals surface area contributed by atoms with Crippen molar-refractivity contribution in [1.29, 1.82) is 5.26 Å².